The van der Waals surface area contributed by atoms with E-state index in [-0.39, 0.29) is 10.8 Å². The first kappa shape index (κ1) is 9.32. The van der Waals surface area contributed by atoms with Crippen LogP contribution >= 0.6 is 23.2 Å². The van der Waals surface area contributed by atoms with Crippen LogP contribution in [-0.2, 0) is 0 Å². The number of halogens is 2. The zero-order valence-corrected chi connectivity index (χ0v) is 7.28. The maximum Gasteiger partial charge on any atom is 0.0513 e. The molecular weight excluding hydrogens is 155 g/mol. The van der Waals surface area contributed by atoms with Crippen LogP contribution in [0.15, 0.2) is 12.2 Å². The fraction of sp³-hybridized carbons (Fsp3) is 0.714. The topological polar surface area (TPSA) is 0 Å². The molecule has 0 N–H and O–H groups in total. The van der Waals surface area contributed by atoms with Gasteiger partial charge in [-0.1, -0.05) is 19.1 Å². The minimum absolute atomic E-state index is 0.0952. The zero-order valence-electron chi connectivity index (χ0n) is 5.77. The summed E-state index contributed by atoms with van der Waals surface area (Å²) in [6, 6.07) is 0. The second-order valence-corrected chi connectivity index (χ2v) is 3.24. The lowest BCUT2D eigenvalue weighted by atomic mass is 10.3. The standard InChI is InChI=1S/C7H12Cl2/c1-3-7(9)5-4-6(2)8/h4-7H,3H2,1-2H3. The molecule has 54 valence electrons. The average Bonchev–Trinajstić information content (AvgIpc) is 1.83. The minimum Gasteiger partial charge on any atom is -0.119 e. The number of hydrogen-bond donors (Lipinski definition) is 0. The summed E-state index contributed by atoms with van der Waals surface area (Å²) in [6.45, 7) is 3.96. The van der Waals surface area contributed by atoms with Gasteiger partial charge in [0.1, 0.15) is 0 Å². The van der Waals surface area contributed by atoms with E-state index < -0.39 is 0 Å². The monoisotopic (exact) mass is 166 g/mol. The van der Waals surface area contributed by atoms with Crippen molar-refractivity contribution in [1.82, 2.24) is 0 Å². The van der Waals surface area contributed by atoms with Gasteiger partial charge in [-0.25, -0.2) is 0 Å². The van der Waals surface area contributed by atoms with Gasteiger partial charge in [0.25, 0.3) is 0 Å². The summed E-state index contributed by atoms with van der Waals surface area (Å²) in [5.41, 5.74) is 0. The number of alkyl halides is 2. The third-order valence-electron chi connectivity index (χ3n) is 0.975. The Morgan fingerprint density at radius 1 is 1.33 bits per heavy atom. The van der Waals surface area contributed by atoms with Crippen LogP contribution in [0.2, 0.25) is 0 Å². The van der Waals surface area contributed by atoms with Crippen LogP contribution in [0.1, 0.15) is 20.3 Å². The van der Waals surface area contributed by atoms with Crippen LogP contribution in [0.3, 0.4) is 0 Å². The van der Waals surface area contributed by atoms with Crippen LogP contribution in [0.25, 0.3) is 0 Å². The van der Waals surface area contributed by atoms with Crippen molar-refractivity contribution < 1.29 is 0 Å². The fourth-order valence-electron chi connectivity index (χ4n) is 0.410. The predicted octanol–water partition coefficient (Wildman–Crippen LogP) is 3.19. The van der Waals surface area contributed by atoms with Crippen molar-refractivity contribution in [2.24, 2.45) is 0 Å². The first-order valence-electron chi connectivity index (χ1n) is 3.13. The fourth-order valence-corrected chi connectivity index (χ4v) is 0.578. The Hall–Kier alpha value is 0.320. The van der Waals surface area contributed by atoms with Gasteiger partial charge in [-0.2, -0.15) is 0 Å². The molecule has 0 aromatic heterocycles. The summed E-state index contributed by atoms with van der Waals surface area (Å²) < 4.78 is 0. The molecule has 2 heteroatoms. The summed E-state index contributed by atoms with van der Waals surface area (Å²) in [7, 11) is 0. The Balaban J connectivity index is 3.43. The molecule has 0 fully saturated rings. The molecule has 2 unspecified atom stereocenters. The molecule has 0 saturated carbocycles. The highest BCUT2D eigenvalue weighted by molar-refractivity contribution is 6.22. The maximum absolute atomic E-state index is 5.76. The third kappa shape index (κ3) is 6.20. The van der Waals surface area contributed by atoms with Gasteiger partial charge in [-0.15, -0.1) is 23.2 Å². The van der Waals surface area contributed by atoms with Gasteiger partial charge in [0.05, 0.1) is 5.38 Å². The van der Waals surface area contributed by atoms with Crippen molar-refractivity contribution in [3.05, 3.63) is 12.2 Å². The van der Waals surface area contributed by atoms with Crippen molar-refractivity contribution in [1.29, 1.82) is 0 Å². The van der Waals surface area contributed by atoms with Gasteiger partial charge in [0.2, 0.25) is 0 Å². The molecule has 0 saturated heterocycles. The predicted molar refractivity (Wildman–Crippen MR) is 44.4 cm³/mol. The summed E-state index contributed by atoms with van der Waals surface area (Å²) in [5.74, 6) is 0. The third-order valence-corrected chi connectivity index (χ3v) is 1.57. The summed E-state index contributed by atoms with van der Waals surface area (Å²) in [4.78, 5) is 0. The van der Waals surface area contributed by atoms with Crippen LogP contribution in [0.4, 0.5) is 0 Å². The second-order valence-electron chi connectivity index (χ2n) is 1.99. The van der Waals surface area contributed by atoms with Crippen molar-refractivity contribution in [3.8, 4) is 0 Å². The lowest BCUT2D eigenvalue weighted by Crippen LogP contribution is -1.91. The summed E-state index contributed by atoms with van der Waals surface area (Å²) in [5, 5.41) is 0.240. The first-order valence-corrected chi connectivity index (χ1v) is 4.00. The van der Waals surface area contributed by atoms with E-state index in [0.29, 0.717) is 0 Å². The van der Waals surface area contributed by atoms with Gasteiger partial charge < -0.3 is 0 Å². The van der Waals surface area contributed by atoms with Crippen LogP contribution < -0.4 is 0 Å². The Morgan fingerprint density at radius 2 is 1.89 bits per heavy atom. The van der Waals surface area contributed by atoms with Gasteiger partial charge in [0.15, 0.2) is 0 Å². The largest absolute Gasteiger partial charge is 0.119 e. The van der Waals surface area contributed by atoms with E-state index in [1.54, 1.807) is 0 Å². The van der Waals surface area contributed by atoms with Gasteiger partial charge in [-0.3, -0.25) is 0 Å². The SMILES string of the molecule is CCC(Cl)C=CC(C)Cl. The molecule has 0 aromatic carbocycles. The summed E-state index contributed by atoms with van der Waals surface area (Å²) >= 11 is 11.4. The molecular formula is C7H12Cl2. The Labute approximate surface area is 66.8 Å². The molecule has 0 bridgehead atoms. The molecule has 0 aliphatic carbocycles. The Morgan fingerprint density at radius 3 is 2.22 bits per heavy atom. The molecule has 0 nitrogen and oxygen atoms in total. The molecule has 9 heavy (non-hydrogen) atoms. The van der Waals surface area contributed by atoms with Crippen molar-refractivity contribution >= 4 is 23.2 Å². The highest BCUT2D eigenvalue weighted by Crippen LogP contribution is 2.04. The molecule has 0 amide bonds. The van der Waals surface area contributed by atoms with E-state index in [2.05, 4.69) is 0 Å². The van der Waals surface area contributed by atoms with E-state index in [1.807, 2.05) is 26.0 Å². The molecule has 0 spiro atoms. The quantitative estimate of drug-likeness (QED) is 0.447. The summed E-state index contributed by atoms with van der Waals surface area (Å²) in [6.07, 6.45) is 4.80. The Bertz CT molecular complexity index is 86.9. The van der Waals surface area contributed by atoms with E-state index in [0.717, 1.165) is 6.42 Å². The number of rotatable bonds is 3. The normalized spacial score (nSPS) is 18.2. The van der Waals surface area contributed by atoms with E-state index in [1.165, 1.54) is 0 Å². The van der Waals surface area contributed by atoms with Crippen LogP contribution in [0, 0.1) is 0 Å². The van der Waals surface area contributed by atoms with Crippen LogP contribution in [0.5, 0.6) is 0 Å². The lowest BCUT2D eigenvalue weighted by molar-refractivity contribution is 0.960. The van der Waals surface area contributed by atoms with Gasteiger partial charge in [-0.05, 0) is 13.3 Å². The smallest absolute Gasteiger partial charge is 0.0513 e. The zero-order chi connectivity index (χ0) is 7.28. The second kappa shape index (κ2) is 5.13. The molecule has 0 aliphatic rings. The maximum atomic E-state index is 5.76. The van der Waals surface area contributed by atoms with Gasteiger partial charge in [0, 0.05) is 5.38 Å². The van der Waals surface area contributed by atoms with Gasteiger partial charge >= 0.3 is 0 Å². The lowest BCUT2D eigenvalue weighted by Gasteiger charge is -1.97. The van der Waals surface area contributed by atoms with Crippen molar-refractivity contribution in [2.45, 2.75) is 31.0 Å². The highest BCUT2D eigenvalue weighted by Gasteiger charge is 1.93. The molecule has 0 aliphatic heterocycles. The molecule has 0 aromatic rings. The molecule has 2 atom stereocenters. The first-order chi connectivity index (χ1) is 4.16. The molecule has 0 heterocycles. The molecule has 0 radical (unpaired) electrons. The number of hydrogen-bond acceptors (Lipinski definition) is 0. The van der Waals surface area contributed by atoms with Crippen LogP contribution in [-0.4, -0.2) is 10.8 Å². The highest BCUT2D eigenvalue weighted by atomic mass is 35.5. The van der Waals surface area contributed by atoms with E-state index >= 15 is 0 Å². The minimum atomic E-state index is 0.0952. The Kier molecular flexibility index (Phi) is 5.31. The van der Waals surface area contributed by atoms with Crippen molar-refractivity contribution in [2.75, 3.05) is 0 Å². The molecule has 0 rings (SSSR count). The van der Waals surface area contributed by atoms with E-state index in [4.69, 9.17) is 23.2 Å². The average molecular weight is 167 g/mol. The van der Waals surface area contributed by atoms with Crippen molar-refractivity contribution in [3.63, 3.8) is 0 Å². The van der Waals surface area contributed by atoms with E-state index in [9.17, 15) is 0 Å². The number of allylic oxidation sites excluding steroid dienone is 2.